The molecule has 0 saturated heterocycles. The van der Waals surface area contributed by atoms with Crippen LogP contribution in [0.1, 0.15) is 39.0 Å². The van der Waals surface area contributed by atoms with E-state index in [0.29, 0.717) is 12.0 Å². The van der Waals surface area contributed by atoms with E-state index < -0.39 is 5.97 Å². The van der Waals surface area contributed by atoms with Crippen LogP contribution in [0.5, 0.6) is 0 Å². The van der Waals surface area contributed by atoms with Gasteiger partial charge in [0.05, 0.1) is 0 Å². The Hall–Kier alpha value is -0.790. The molecule has 0 heterocycles. The number of carbonyl (C=O) groups is 1. The van der Waals surface area contributed by atoms with E-state index in [-0.39, 0.29) is 0 Å². The summed E-state index contributed by atoms with van der Waals surface area (Å²) in [7, 11) is 0. The van der Waals surface area contributed by atoms with Gasteiger partial charge in [0.25, 0.3) is 0 Å². The minimum absolute atomic E-state index is 0.655. The molecule has 1 aliphatic rings. The van der Waals surface area contributed by atoms with Gasteiger partial charge in [0.2, 0.25) is 0 Å². The van der Waals surface area contributed by atoms with Gasteiger partial charge in [0.1, 0.15) is 0 Å². The summed E-state index contributed by atoms with van der Waals surface area (Å²) in [6.07, 6.45) is 5.04. The van der Waals surface area contributed by atoms with Crippen molar-refractivity contribution in [3.05, 3.63) is 11.1 Å². The van der Waals surface area contributed by atoms with Crippen molar-refractivity contribution in [1.29, 1.82) is 0 Å². The lowest BCUT2D eigenvalue weighted by atomic mass is 10.1. The Morgan fingerprint density at radius 1 is 1.45 bits per heavy atom. The van der Waals surface area contributed by atoms with E-state index in [1.807, 2.05) is 6.92 Å². The van der Waals surface area contributed by atoms with E-state index in [0.717, 1.165) is 12.8 Å². The molecule has 0 aromatic carbocycles. The first-order chi connectivity index (χ1) is 5.25. The maximum atomic E-state index is 10.7. The van der Waals surface area contributed by atoms with Crippen molar-refractivity contribution in [1.82, 2.24) is 0 Å². The summed E-state index contributed by atoms with van der Waals surface area (Å²) in [4.78, 5) is 10.7. The Kier molecular flexibility index (Phi) is 2.69. The second-order valence-electron chi connectivity index (χ2n) is 2.95. The molecule has 1 aliphatic carbocycles. The summed E-state index contributed by atoms with van der Waals surface area (Å²) in [6, 6.07) is 0. The molecule has 2 nitrogen and oxygen atoms in total. The highest BCUT2D eigenvalue weighted by atomic mass is 16.4. The fraction of sp³-hybridized carbons (Fsp3) is 0.667. The van der Waals surface area contributed by atoms with Crippen molar-refractivity contribution in [3.8, 4) is 0 Å². The maximum Gasteiger partial charge on any atom is 0.331 e. The number of hydrogen-bond donors (Lipinski definition) is 1. The van der Waals surface area contributed by atoms with Gasteiger partial charge in [-0.05, 0) is 32.1 Å². The summed E-state index contributed by atoms with van der Waals surface area (Å²) in [5.74, 6) is -0.718. The molecule has 0 radical (unpaired) electrons. The molecule has 0 bridgehead atoms. The van der Waals surface area contributed by atoms with Gasteiger partial charge in [-0.2, -0.15) is 0 Å². The van der Waals surface area contributed by atoms with Crippen molar-refractivity contribution >= 4 is 5.97 Å². The quantitative estimate of drug-likeness (QED) is 0.620. The molecule has 2 heteroatoms. The molecule has 0 spiro atoms. The highest BCUT2D eigenvalue weighted by Crippen LogP contribution is 2.28. The normalized spacial score (nSPS) is 17.0. The zero-order valence-electron chi connectivity index (χ0n) is 6.89. The van der Waals surface area contributed by atoms with Gasteiger partial charge in [-0.15, -0.1) is 0 Å². The van der Waals surface area contributed by atoms with Crippen LogP contribution in [0.15, 0.2) is 11.1 Å². The van der Waals surface area contributed by atoms with Gasteiger partial charge >= 0.3 is 5.97 Å². The monoisotopic (exact) mass is 154 g/mol. The topological polar surface area (TPSA) is 37.3 Å². The predicted molar refractivity (Wildman–Crippen MR) is 43.4 cm³/mol. The first kappa shape index (κ1) is 8.31. The molecule has 0 unspecified atom stereocenters. The third-order valence-corrected chi connectivity index (χ3v) is 2.25. The first-order valence-corrected chi connectivity index (χ1v) is 4.20. The zero-order chi connectivity index (χ0) is 8.27. The first-order valence-electron chi connectivity index (χ1n) is 4.20. The van der Waals surface area contributed by atoms with E-state index in [4.69, 9.17) is 5.11 Å². The van der Waals surface area contributed by atoms with Crippen molar-refractivity contribution in [2.24, 2.45) is 0 Å². The largest absolute Gasteiger partial charge is 0.478 e. The van der Waals surface area contributed by atoms with Gasteiger partial charge in [-0.1, -0.05) is 12.5 Å². The van der Waals surface area contributed by atoms with Gasteiger partial charge in [0, 0.05) is 5.57 Å². The lowest BCUT2D eigenvalue weighted by Crippen LogP contribution is -2.02. The van der Waals surface area contributed by atoms with E-state index in [1.54, 1.807) is 0 Å². The second kappa shape index (κ2) is 3.56. The van der Waals surface area contributed by atoms with Gasteiger partial charge in [-0.25, -0.2) is 4.79 Å². The lowest BCUT2D eigenvalue weighted by molar-refractivity contribution is -0.132. The summed E-state index contributed by atoms with van der Waals surface area (Å²) in [5, 5.41) is 8.78. The molecule has 0 aliphatic heterocycles. The average molecular weight is 154 g/mol. The zero-order valence-corrected chi connectivity index (χ0v) is 6.89. The van der Waals surface area contributed by atoms with Gasteiger partial charge in [0.15, 0.2) is 0 Å². The van der Waals surface area contributed by atoms with E-state index >= 15 is 0 Å². The Morgan fingerprint density at radius 2 is 2.00 bits per heavy atom. The van der Waals surface area contributed by atoms with E-state index in [9.17, 15) is 4.79 Å². The van der Waals surface area contributed by atoms with Crippen LogP contribution in [0.3, 0.4) is 0 Å². The molecule has 1 saturated carbocycles. The lowest BCUT2D eigenvalue weighted by Gasteiger charge is -2.02. The van der Waals surface area contributed by atoms with E-state index in [1.165, 1.54) is 18.4 Å². The minimum Gasteiger partial charge on any atom is -0.478 e. The molecular formula is C9H14O2. The molecule has 1 fully saturated rings. The van der Waals surface area contributed by atoms with Crippen LogP contribution < -0.4 is 0 Å². The minimum atomic E-state index is -0.718. The highest BCUT2D eigenvalue weighted by Gasteiger charge is 2.15. The van der Waals surface area contributed by atoms with Crippen molar-refractivity contribution in [2.75, 3.05) is 0 Å². The molecule has 0 amide bonds. The number of carboxylic acid groups (broad SMARTS) is 1. The van der Waals surface area contributed by atoms with Crippen molar-refractivity contribution in [3.63, 3.8) is 0 Å². The van der Waals surface area contributed by atoms with Crippen LogP contribution in [0.4, 0.5) is 0 Å². The van der Waals surface area contributed by atoms with Crippen LogP contribution in [0, 0.1) is 0 Å². The number of carboxylic acids is 1. The Labute approximate surface area is 66.9 Å². The van der Waals surface area contributed by atoms with Crippen molar-refractivity contribution < 1.29 is 9.90 Å². The van der Waals surface area contributed by atoms with Gasteiger partial charge in [-0.3, -0.25) is 0 Å². The summed E-state index contributed by atoms with van der Waals surface area (Å²) < 4.78 is 0. The van der Waals surface area contributed by atoms with Gasteiger partial charge < -0.3 is 5.11 Å². The molecule has 11 heavy (non-hydrogen) atoms. The summed E-state index contributed by atoms with van der Waals surface area (Å²) in [6.45, 7) is 1.91. The van der Waals surface area contributed by atoms with Crippen LogP contribution >= 0.6 is 0 Å². The van der Waals surface area contributed by atoms with Crippen molar-refractivity contribution in [2.45, 2.75) is 39.0 Å². The van der Waals surface area contributed by atoms with E-state index in [2.05, 4.69) is 0 Å². The second-order valence-corrected chi connectivity index (χ2v) is 2.95. The molecule has 0 aromatic heterocycles. The standard InChI is InChI=1S/C9H14O2/c1-2-8(9(10)11)7-5-3-4-6-7/h2-6H2,1H3,(H,10,11). The number of allylic oxidation sites excluding steroid dienone is 1. The Bertz CT molecular complexity index is 184. The molecular weight excluding hydrogens is 140 g/mol. The smallest absolute Gasteiger partial charge is 0.331 e. The average Bonchev–Trinajstić information content (AvgIpc) is 2.40. The molecule has 1 N–H and O–H groups in total. The summed E-state index contributed by atoms with van der Waals surface area (Å²) in [5.41, 5.74) is 1.84. The van der Waals surface area contributed by atoms with Crippen LogP contribution in [-0.2, 0) is 4.79 Å². The third-order valence-electron chi connectivity index (χ3n) is 2.25. The molecule has 1 rings (SSSR count). The number of hydrogen-bond acceptors (Lipinski definition) is 1. The number of aliphatic carboxylic acids is 1. The van der Waals surface area contributed by atoms with Crippen LogP contribution in [0.25, 0.3) is 0 Å². The third kappa shape index (κ3) is 1.82. The maximum absolute atomic E-state index is 10.7. The van der Waals surface area contributed by atoms with Crippen LogP contribution in [0.2, 0.25) is 0 Å². The highest BCUT2D eigenvalue weighted by molar-refractivity contribution is 5.87. The SMILES string of the molecule is CCC(C(=O)O)=C1CCCC1. The number of rotatable bonds is 2. The summed E-state index contributed by atoms with van der Waals surface area (Å²) >= 11 is 0. The Balaban J connectivity index is 2.78. The molecule has 62 valence electrons. The molecule has 0 aromatic rings. The Morgan fingerprint density at radius 3 is 2.36 bits per heavy atom. The fourth-order valence-corrected chi connectivity index (χ4v) is 1.66. The predicted octanol–water partition coefficient (Wildman–Crippen LogP) is 2.35. The fourth-order valence-electron chi connectivity index (χ4n) is 1.66. The van der Waals surface area contributed by atoms with Crippen LogP contribution in [-0.4, -0.2) is 11.1 Å². The molecule has 0 atom stereocenters.